The molecule has 1 aromatic carbocycles. The van der Waals surface area contributed by atoms with Crippen molar-refractivity contribution in [2.75, 3.05) is 6.61 Å². The third kappa shape index (κ3) is 2.42. The summed E-state index contributed by atoms with van der Waals surface area (Å²) in [6.07, 6.45) is 0. The molecular formula is C16H22BrClO. The molecule has 1 fully saturated rings. The van der Waals surface area contributed by atoms with E-state index in [1.807, 2.05) is 19.1 Å². The smallest absolute Gasteiger partial charge is 0.124 e. The van der Waals surface area contributed by atoms with E-state index in [-0.39, 0.29) is 16.2 Å². The maximum atomic E-state index is 6.78. The molecule has 0 aromatic heterocycles. The number of hydrogen-bond donors (Lipinski definition) is 0. The molecule has 106 valence electrons. The predicted molar refractivity (Wildman–Crippen MR) is 85.0 cm³/mol. The normalized spacial score (nSPS) is 22.1. The second-order valence-corrected chi connectivity index (χ2v) is 7.82. The molecule has 0 heterocycles. The number of hydrogen-bond acceptors (Lipinski definition) is 1. The van der Waals surface area contributed by atoms with Crippen LogP contribution in [0.2, 0.25) is 0 Å². The van der Waals surface area contributed by atoms with E-state index in [0.29, 0.717) is 12.5 Å². The first-order valence-corrected chi connectivity index (χ1v) is 8.02. The summed E-state index contributed by atoms with van der Waals surface area (Å²) in [4.78, 5) is 0. The van der Waals surface area contributed by atoms with Crippen LogP contribution in [0.3, 0.4) is 0 Å². The largest absolute Gasteiger partial charge is 0.494 e. The van der Waals surface area contributed by atoms with Crippen molar-refractivity contribution in [2.24, 2.45) is 16.7 Å². The first-order valence-electron chi connectivity index (χ1n) is 6.79. The Hall–Kier alpha value is -0.210. The lowest BCUT2D eigenvalue weighted by Crippen LogP contribution is -2.04. The standard InChI is InChI=1S/C16H22BrClO/c1-6-19-12-8-7-10(17)9-11(12)13(18)14-15(2,3)16(14,4)5/h7-9,13-14H,6H2,1-5H3. The maximum Gasteiger partial charge on any atom is 0.124 e. The molecule has 0 bridgehead atoms. The zero-order valence-electron chi connectivity index (χ0n) is 12.3. The Morgan fingerprint density at radius 2 is 1.84 bits per heavy atom. The first kappa shape index (κ1) is 15.2. The molecule has 0 spiro atoms. The van der Waals surface area contributed by atoms with Gasteiger partial charge in [-0.1, -0.05) is 43.6 Å². The van der Waals surface area contributed by atoms with E-state index in [9.17, 15) is 0 Å². The van der Waals surface area contributed by atoms with Crippen molar-refractivity contribution < 1.29 is 4.74 Å². The molecule has 1 saturated carbocycles. The molecule has 1 unspecified atom stereocenters. The van der Waals surface area contributed by atoms with Gasteiger partial charge in [0.15, 0.2) is 0 Å². The molecule has 0 radical (unpaired) electrons. The number of benzene rings is 1. The molecule has 0 N–H and O–H groups in total. The summed E-state index contributed by atoms with van der Waals surface area (Å²) in [5.41, 5.74) is 1.64. The highest BCUT2D eigenvalue weighted by Gasteiger charge is 2.67. The third-order valence-electron chi connectivity index (χ3n) is 4.99. The van der Waals surface area contributed by atoms with Gasteiger partial charge in [0.25, 0.3) is 0 Å². The highest BCUT2D eigenvalue weighted by molar-refractivity contribution is 9.10. The van der Waals surface area contributed by atoms with Gasteiger partial charge in [-0.2, -0.15) is 0 Å². The number of ether oxygens (including phenoxy) is 1. The quantitative estimate of drug-likeness (QED) is 0.626. The van der Waals surface area contributed by atoms with E-state index in [1.165, 1.54) is 0 Å². The molecule has 0 saturated heterocycles. The SMILES string of the molecule is CCOc1ccc(Br)cc1C(Cl)C1C(C)(C)C1(C)C. The average Bonchev–Trinajstić information content (AvgIpc) is 2.71. The highest BCUT2D eigenvalue weighted by atomic mass is 79.9. The highest BCUT2D eigenvalue weighted by Crippen LogP contribution is 2.74. The molecule has 1 atom stereocenters. The van der Waals surface area contributed by atoms with E-state index in [4.69, 9.17) is 16.3 Å². The Kier molecular flexibility index (Phi) is 3.97. The summed E-state index contributed by atoms with van der Waals surface area (Å²) in [6, 6.07) is 6.09. The van der Waals surface area contributed by atoms with Gasteiger partial charge in [-0.05, 0) is 41.9 Å². The monoisotopic (exact) mass is 344 g/mol. The van der Waals surface area contributed by atoms with Gasteiger partial charge in [-0.3, -0.25) is 0 Å². The Bertz CT molecular complexity index is 468. The van der Waals surface area contributed by atoms with Crippen molar-refractivity contribution in [1.82, 2.24) is 0 Å². The van der Waals surface area contributed by atoms with Gasteiger partial charge in [0.05, 0.1) is 12.0 Å². The van der Waals surface area contributed by atoms with Gasteiger partial charge < -0.3 is 4.74 Å². The van der Waals surface area contributed by atoms with Crippen molar-refractivity contribution in [3.63, 3.8) is 0 Å². The molecule has 2 rings (SSSR count). The lowest BCUT2D eigenvalue weighted by molar-refractivity contribution is 0.334. The van der Waals surface area contributed by atoms with E-state index < -0.39 is 0 Å². The van der Waals surface area contributed by atoms with Crippen molar-refractivity contribution in [2.45, 2.75) is 40.0 Å². The molecule has 19 heavy (non-hydrogen) atoms. The fraction of sp³-hybridized carbons (Fsp3) is 0.625. The van der Waals surface area contributed by atoms with Crippen LogP contribution in [0.1, 0.15) is 45.6 Å². The van der Waals surface area contributed by atoms with Crippen LogP contribution >= 0.6 is 27.5 Å². The molecular weight excluding hydrogens is 324 g/mol. The van der Waals surface area contributed by atoms with E-state index in [2.05, 4.69) is 49.7 Å². The maximum absolute atomic E-state index is 6.78. The number of alkyl halides is 1. The third-order valence-corrected chi connectivity index (χ3v) is 5.97. The molecule has 1 aromatic rings. The fourth-order valence-electron chi connectivity index (χ4n) is 3.18. The Morgan fingerprint density at radius 3 is 2.32 bits per heavy atom. The summed E-state index contributed by atoms with van der Waals surface area (Å²) >= 11 is 10.3. The lowest BCUT2D eigenvalue weighted by Gasteiger charge is -2.17. The zero-order chi connectivity index (χ0) is 14.4. The minimum Gasteiger partial charge on any atom is -0.494 e. The van der Waals surface area contributed by atoms with E-state index in [1.54, 1.807) is 0 Å². The Labute approximate surface area is 129 Å². The van der Waals surface area contributed by atoms with Gasteiger partial charge in [-0.25, -0.2) is 0 Å². The summed E-state index contributed by atoms with van der Waals surface area (Å²) < 4.78 is 6.77. The Balaban J connectivity index is 2.34. The fourth-order valence-corrected chi connectivity index (χ4v) is 4.36. The van der Waals surface area contributed by atoms with Gasteiger partial charge in [0, 0.05) is 10.0 Å². The van der Waals surface area contributed by atoms with Crippen molar-refractivity contribution in [3.8, 4) is 5.75 Å². The van der Waals surface area contributed by atoms with Crippen molar-refractivity contribution in [3.05, 3.63) is 28.2 Å². The van der Waals surface area contributed by atoms with Gasteiger partial charge in [0.1, 0.15) is 5.75 Å². The number of rotatable bonds is 4. The second-order valence-electron chi connectivity index (χ2n) is 6.44. The molecule has 1 aliphatic rings. The van der Waals surface area contributed by atoms with E-state index >= 15 is 0 Å². The van der Waals surface area contributed by atoms with Crippen LogP contribution in [0.5, 0.6) is 5.75 Å². The topological polar surface area (TPSA) is 9.23 Å². The van der Waals surface area contributed by atoms with Gasteiger partial charge >= 0.3 is 0 Å². The summed E-state index contributed by atoms with van der Waals surface area (Å²) in [5, 5.41) is -0.0101. The average molecular weight is 346 g/mol. The van der Waals surface area contributed by atoms with Crippen LogP contribution in [0.4, 0.5) is 0 Å². The van der Waals surface area contributed by atoms with Crippen LogP contribution in [0.15, 0.2) is 22.7 Å². The molecule has 0 amide bonds. The minimum atomic E-state index is -0.0101. The zero-order valence-corrected chi connectivity index (χ0v) is 14.6. The Morgan fingerprint density at radius 1 is 1.26 bits per heavy atom. The second kappa shape index (κ2) is 4.96. The lowest BCUT2D eigenvalue weighted by atomic mass is 10.0. The molecule has 3 heteroatoms. The van der Waals surface area contributed by atoms with Crippen LogP contribution in [-0.4, -0.2) is 6.61 Å². The molecule has 0 aliphatic heterocycles. The minimum absolute atomic E-state index is 0.0101. The van der Waals surface area contributed by atoms with Crippen LogP contribution < -0.4 is 4.74 Å². The van der Waals surface area contributed by atoms with Gasteiger partial charge in [0.2, 0.25) is 0 Å². The summed E-state index contributed by atoms with van der Waals surface area (Å²) in [5.74, 6) is 1.37. The van der Waals surface area contributed by atoms with Crippen LogP contribution in [0, 0.1) is 16.7 Å². The van der Waals surface area contributed by atoms with E-state index in [0.717, 1.165) is 15.8 Å². The number of halogens is 2. The van der Waals surface area contributed by atoms with Gasteiger partial charge in [-0.15, -0.1) is 11.6 Å². The van der Waals surface area contributed by atoms with Crippen molar-refractivity contribution in [1.29, 1.82) is 0 Å². The summed E-state index contributed by atoms with van der Waals surface area (Å²) in [7, 11) is 0. The molecule has 1 nitrogen and oxygen atoms in total. The molecule has 1 aliphatic carbocycles. The van der Waals surface area contributed by atoms with Crippen LogP contribution in [0.25, 0.3) is 0 Å². The summed E-state index contributed by atoms with van der Waals surface area (Å²) in [6.45, 7) is 11.9. The predicted octanol–water partition coefficient (Wildman–Crippen LogP) is 5.81. The first-order chi connectivity index (χ1) is 8.73. The van der Waals surface area contributed by atoms with Crippen molar-refractivity contribution >= 4 is 27.5 Å². The van der Waals surface area contributed by atoms with Crippen LogP contribution in [-0.2, 0) is 0 Å².